The lowest BCUT2D eigenvalue weighted by Crippen LogP contribution is -2.64. The zero-order valence-corrected chi connectivity index (χ0v) is 17.8. The molecule has 2 aliphatic rings. The number of halogens is 3. The number of thioether (sulfide) groups is 1. The van der Waals surface area contributed by atoms with E-state index in [4.69, 9.17) is 19.9 Å². The minimum atomic E-state index is -4.59. The molecular weight excluding hydrogens is 395 g/mol. The molecule has 6 nitrogen and oxygen atoms in total. The van der Waals surface area contributed by atoms with Crippen LogP contribution in [0.2, 0.25) is 0 Å². The minimum absolute atomic E-state index is 0.327. The number of unbranched alkanes of at least 4 members (excludes halogenated alkanes) is 2. The van der Waals surface area contributed by atoms with E-state index in [2.05, 4.69) is 4.99 Å². The van der Waals surface area contributed by atoms with Gasteiger partial charge >= 0.3 is 6.18 Å². The summed E-state index contributed by atoms with van der Waals surface area (Å²) in [6, 6.07) is -2.58. The molecule has 10 heteroatoms. The van der Waals surface area contributed by atoms with Crippen molar-refractivity contribution in [3.63, 3.8) is 0 Å². The molecule has 0 aromatic heterocycles. The molecule has 2 N–H and O–H groups in total. The smallest absolute Gasteiger partial charge is 0.373 e. The lowest BCUT2D eigenvalue weighted by molar-refractivity contribution is -0.238. The SMILES string of the molecule is CCCCO[C@@H]1[C@H]2N=C(N(C)C)S[C@H]2O[C@H](C(N)C(F)(F)F)[C@H]1OCCCC. The van der Waals surface area contributed by atoms with E-state index in [1.54, 1.807) is 0 Å². The summed E-state index contributed by atoms with van der Waals surface area (Å²) in [7, 11) is 3.68. The van der Waals surface area contributed by atoms with Crippen molar-refractivity contribution >= 4 is 16.9 Å². The normalized spacial score (nSPS) is 31.4. The van der Waals surface area contributed by atoms with Crippen LogP contribution in [0.5, 0.6) is 0 Å². The molecule has 0 saturated carbocycles. The number of nitrogens with zero attached hydrogens (tertiary/aromatic N) is 2. The van der Waals surface area contributed by atoms with Crippen LogP contribution in [0.3, 0.4) is 0 Å². The monoisotopic (exact) mass is 427 g/mol. The van der Waals surface area contributed by atoms with Crippen molar-refractivity contribution in [2.24, 2.45) is 10.7 Å². The number of rotatable bonds is 9. The average Bonchev–Trinajstić information content (AvgIpc) is 3.05. The van der Waals surface area contributed by atoms with E-state index in [0.29, 0.717) is 18.4 Å². The molecule has 164 valence electrons. The highest BCUT2D eigenvalue weighted by molar-refractivity contribution is 8.14. The van der Waals surface area contributed by atoms with Crippen LogP contribution in [-0.4, -0.2) is 79.4 Å². The largest absolute Gasteiger partial charge is 0.406 e. The first-order chi connectivity index (χ1) is 13.2. The van der Waals surface area contributed by atoms with Gasteiger partial charge in [0.1, 0.15) is 35.8 Å². The highest BCUT2D eigenvalue weighted by atomic mass is 32.2. The molecule has 1 fully saturated rings. The van der Waals surface area contributed by atoms with Crippen molar-refractivity contribution < 1.29 is 27.4 Å². The van der Waals surface area contributed by atoms with Crippen LogP contribution in [0.15, 0.2) is 4.99 Å². The van der Waals surface area contributed by atoms with Crippen molar-refractivity contribution in [3.05, 3.63) is 0 Å². The molecule has 0 amide bonds. The summed E-state index contributed by atoms with van der Waals surface area (Å²) in [5.41, 5.74) is 5.00. The number of alkyl halides is 3. The van der Waals surface area contributed by atoms with Gasteiger partial charge in [-0.3, -0.25) is 4.99 Å². The van der Waals surface area contributed by atoms with Gasteiger partial charge in [0.05, 0.1) is 0 Å². The molecule has 1 unspecified atom stereocenters. The summed E-state index contributed by atoms with van der Waals surface area (Å²) in [4.78, 5) is 6.48. The lowest BCUT2D eigenvalue weighted by atomic mass is 9.93. The fourth-order valence-corrected chi connectivity index (χ4v) is 4.29. The van der Waals surface area contributed by atoms with E-state index in [-0.39, 0.29) is 0 Å². The van der Waals surface area contributed by atoms with Crippen molar-refractivity contribution in [1.29, 1.82) is 0 Å². The first-order valence-corrected chi connectivity index (χ1v) is 10.7. The molecule has 0 bridgehead atoms. The molecule has 1 saturated heterocycles. The number of hydrogen-bond acceptors (Lipinski definition) is 7. The number of fused-ring (bicyclic) bond motifs is 1. The van der Waals surface area contributed by atoms with E-state index in [1.165, 1.54) is 11.8 Å². The highest BCUT2D eigenvalue weighted by Crippen LogP contribution is 2.41. The van der Waals surface area contributed by atoms with Crippen LogP contribution in [-0.2, 0) is 14.2 Å². The van der Waals surface area contributed by atoms with Gasteiger partial charge in [0.15, 0.2) is 5.17 Å². The molecule has 0 spiro atoms. The third-order valence-electron chi connectivity index (χ3n) is 4.77. The minimum Gasteiger partial charge on any atom is -0.373 e. The Morgan fingerprint density at radius 2 is 1.71 bits per heavy atom. The predicted octanol–water partition coefficient (Wildman–Crippen LogP) is 3.00. The van der Waals surface area contributed by atoms with Crippen molar-refractivity contribution in [2.75, 3.05) is 27.3 Å². The Labute approximate surface area is 169 Å². The molecule has 28 heavy (non-hydrogen) atoms. The van der Waals surface area contributed by atoms with Crippen LogP contribution in [0.4, 0.5) is 13.2 Å². The molecule has 2 aliphatic heterocycles. The van der Waals surface area contributed by atoms with Crippen LogP contribution in [0, 0.1) is 0 Å². The zero-order valence-electron chi connectivity index (χ0n) is 16.9. The van der Waals surface area contributed by atoms with Gasteiger partial charge in [-0.15, -0.1) is 0 Å². The summed E-state index contributed by atoms with van der Waals surface area (Å²) < 4.78 is 58.0. The zero-order chi connectivity index (χ0) is 20.9. The fourth-order valence-electron chi connectivity index (χ4n) is 3.15. The second kappa shape index (κ2) is 10.5. The van der Waals surface area contributed by atoms with Gasteiger partial charge in [-0.1, -0.05) is 38.5 Å². The van der Waals surface area contributed by atoms with Gasteiger partial charge in [0.2, 0.25) is 0 Å². The number of nitrogens with two attached hydrogens (primary N) is 1. The van der Waals surface area contributed by atoms with E-state index in [0.717, 1.165) is 25.7 Å². The van der Waals surface area contributed by atoms with Gasteiger partial charge < -0.3 is 24.8 Å². The first-order valence-electron chi connectivity index (χ1n) is 9.83. The Morgan fingerprint density at radius 1 is 1.14 bits per heavy atom. The fraction of sp³-hybridized carbons (Fsp3) is 0.944. The Kier molecular flexibility index (Phi) is 8.87. The summed E-state index contributed by atoms with van der Waals surface area (Å²) in [6.45, 7) is 4.78. The second-order valence-electron chi connectivity index (χ2n) is 7.33. The second-order valence-corrected chi connectivity index (χ2v) is 8.39. The number of hydrogen-bond donors (Lipinski definition) is 1. The Morgan fingerprint density at radius 3 is 2.21 bits per heavy atom. The number of ether oxygens (including phenoxy) is 3. The molecule has 0 radical (unpaired) electrons. The Balaban J connectivity index is 2.30. The molecule has 0 aromatic rings. The summed E-state index contributed by atoms with van der Waals surface area (Å²) >= 11 is 1.30. The van der Waals surface area contributed by atoms with E-state index in [9.17, 15) is 13.2 Å². The van der Waals surface area contributed by atoms with Gasteiger partial charge in [-0.2, -0.15) is 13.2 Å². The topological polar surface area (TPSA) is 69.3 Å². The summed E-state index contributed by atoms with van der Waals surface area (Å²) in [6.07, 6.45) is -4.15. The average molecular weight is 428 g/mol. The van der Waals surface area contributed by atoms with Crippen LogP contribution in [0.1, 0.15) is 39.5 Å². The van der Waals surface area contributed by atoms with Crippen LogP contribution < -0.4 is 5.73 Å². The highest BCUT2D eigenvalue weighted by Gasteiger charge is 2.57. The quantitative estimate of drug-likeness (QED) is 0.571. The van der Waals surface area contributed by atoms with E-state index < -0.39 is 42.0 Å². The van der Waals surface area contributed by atoms with Gasteiger partial charge in [0.25, 0.3) is 0 Å². The molecule has 6 atom stereocenters. The van der Waals surface area contributed by atoms with E-state index in [1.807, 2.05) is 32.8 Å². The maximum atomic E-state index is 13.4. The third-order valence-corrected chi connectivity index (χ3v) is 6.07. The predicted molar refractivity (Wildman–Crippen MR) is 104 cm³/mol. The van der Waals surface area contributed by atoms with Gasteiger partial charge in [-0.25, -0.2) is 0 Å². The molecule has 0 aliphatic carbocycles. The maximum Gasteiger partial charge on any atom is 0.406 e. The first kappa shape index (κ1) is 23.7. The Hall–Kier alpha value is -0.550. The van der Waals surface area contributed by atoms with E-state index >= 15 is 0 Å². The maximum absolute atomic E-state index is 13.4. The van der Waals surface area contributed by atoms with Gasteiger partial charge in [-0.05, 0) is 12.8 Å². The number of aliphatic imine (C=N–C) groups is 1. The number of amidine groups is 1. The van der Waals surface area contributed by atoms with Crippen LogP contribution in [0.25, 0.3) is 0 Å². The van der Waals surface area contributed by atoms with Crippen molar-refractivity contribution in [2.45, 2.75) is 81.5 Å². The van der Waals surface area contributed by atoms with Crippen LogP contribution >= 0.6 is 11.8 Å². The van der Waals surface area contributed by atoms with Gasteiger partial charge in [0, 0.05) is 27.3 Å². The van der Waals surface area contributed by atoms with Crippen molar-refractivity contribution in [1.82, 2.24) is 4.90 Å². The van der Waals surface area contributed by atoms with Crippen molar-refractivity contribution in [3.8, 4) is 0 Å². The molecule has 0 aromatic carbocycles. The Bertz CT molecular complexity index is 522. The standard InChI is InChI=1S/C18H32F3N3O3S/c1-5-7-9-25-12-11-16(28-17(23-11)24(3)4)27-14(15(22)18(19,20)21)13(12)26-10-8-6-2/h11-16H,5-10,22H2,1-4H3/t11-,12-,13+,14+,15?,16-/m1/s1. The molecular formula is C18H32F3N3O3S. The summed E-state index contributed by atoms with van der Waals surface area (Å²) in [5.74, 6) is 0. The molecule has 2 rings (SSSR count). The summed E-state index contributed by atoms with van der Waals surface area (Å²) in [5, 5.41) is 0.702. The third kappa shape index (κ3) is 5.75. The lowest BCUT2D eigenvalue weighted by Gasteiger charge is -2.44. The molecule has 2 heterocycles.